The van der Waals surface area contributed by atoms with Crippen LogP contribution in [-0.2, 0) is 16.1 Å². The lowest BCUT2D eigenvalue weighted by Gasteiger charge is -2.34. The third-order valence-electron chi connectivity index (χ3n) is 4.70. The summed E-state index contributed by atoms with van der Waals surface area (Å²) in [5.74, 6) is 1.40. The largest absolute Gasteiger partial charge is 0.383 e. The summed E-state index contributed by atoms with van der Waals surface area (Å²) in [4.78, 5) is 11.3. The van der Waals surface area contributed by atoms with Gasteiger partial charge in [-0.3, -0.25) is 0 Å². The first kappa shape index (κ1) is 18.6. The van der Waals surface area contributed by atoms with Crippen LogP contribution in [0.2, 0.25) is 0 Å². The first-order valence-corrected chi connectivity index (χ1v) is 9.47. The third-order valence-corrected chi connectivity index (χ3v) is 4.70. The first-order chi connectivity index (χ1) is 13.8. The van der Waals surface area contributed by atoms with Crippen LogP contribution in [0.5, 0.6) is 0 Å². The molecule has 0 unspecified atom stereocenters. The molecule has 28 heavy (non-hydrogen) atoms. The molecule has 0 aliphatic carbocycles. The van der Waals surface area contributed by atoms with Crippen molar-refractivity contribution in [1.82, 2.24) is 20.3 Å². The van der Waals surface area contributed by atoms with Gasteiger partial charge in [0.2, 0.25) is 11.3 Å². The smallest absolute Gasteiger partial charge is 0.245 e. The van der Waals surface area contributed by atoms with Gasteiger partial charge in [0.25, 0.3) is 0 Å². The van der Waals surface area contributed by atoms with Gasteiger partial charge < -0.3 is 19.7 Å². The molecule has 148 valence electrons. The summed E-state index contributed by atoms with van der Waals surface area (Å²) in [7, 11) is 1.67. The Hall–Kier alpha value is -2.78. The molecule has 2 aromatic heterocycles. The highest BCUT2D eigenvalue weighted by Crippen LogP contribution is 2.27. The molecule has 4 rings (SSSR count). The van der Waals surface area contributed by atoms with Gasteiger partial charge in [0.1, 0.15) is 0 Å². The summed E-state index contributed by atoms with van der Waals surface area (Å²) < 4.78 is 16.1. The monoisotopic (exact) mass is 384 g/mol. The van der Waals surface area contributed by atoms with E-state index >= 15 is 0 Å². The average molecular weight is 384 g/mol. The van der Waals surface area contributed by atoms with Crippen molar-refractivity contribution in [3.05, 3.63) is 35.9 Å². The maximum absolute atomic E-state index is 6.15. The van der Waals surface area contributed by atoms with E-state index in [0.29, 0.717) is 36.9 Å². The van der Waals surface area contributed by atoms with Gasteiger partial charge in [0.05, 0.1) is 19.3 Å². The van der Waals surface area contributed by atoms with Gasteiger partial charge in [-0.25, -0.2) is 14.6 Å². The molecule has 3 heterocycles. The minimum Gasteiger partial charge on any atom is -0.383 e. The lowest BCUT2D eigenvalue weighted by Crippen LogP contribution is -2.40. The molecule has 0 amide bonds. The van der Waals surface area contributed by atoms with E-state index in [4.69, 9.17) is 14.1 Å². The number of aromatic nitrogens is 4. The molecule has 1 saturated heterocycles. The molecule has 0 saturated carbocycles. The molecule has 0 bridgehead atoms. The molecule has 1 aliphatic rings. The van der Waals surface area contributed by atoms with Gasteiger partial charge in [0, 0.05) is 26.7 Å². The summed E-state index contributed by atoms with van der Waals surface area (Å²) in [6.07, 6.45) is 2.18. The number of hydrogen-bond acceptors (Lipinski definition) is 9. The number of benzene rings is 1. The quantitative estimate of drug-likeness (QED) is 0.586. The number of ether oxygens (including phenoxy) is 2. The topological polar surface area (TPSA) is 98.4 Å². The molecular formula is C19H24N6O3. The van der Waals surface area contributed by atoms with Gasteiger partial charge in [-0.05, 0) is 28.7 Å². The number of nitrogens with zero attached hydrogens (tertiary/aromatic N) is 5. The zero-order valence-corrected chi connectivity index (χ0v) is 15.9. The highest BCUT2D eigenvalue weighted by molar-refractivity contribution is 5.74. The summed E-state index contributed by atoms with van der Waals surface area (Å²) >= 11 is 0. The number of methoxy groups -OCH3 is 1. The predicted octanol–water partition coefficient (Wildman–Crippen LogP) is 2.26. The Morgan fingerprint density at radius 1 is 1.18 bits per heavy atom. The molecule has 0 radical (unpaired) electrons. The normalized spacial score (nSPS) is 17.2. The van der Waals surface area contributed by atoms with Gasteiger partial charge in [-0.1, -0.05) is 30.3 Å². The molecule has 9 nitrogen and oxygen atoms in total. The van der Waals surface area contributed by atoms with Crippen LogP contribution in [0, 0.1) is 0 Å². The standard InChI is InChI=1S/C19H24N6O3/c1-26-11-9-20-18-19(22-17-16(21-18)23-28-24-17)25-10-5-8-15(12-25)27-13-14-6-3-2-4-7-14/h2-4,6-7,15H,5,8-13H2,1H3,(H,20,21,23)/t15-/m1/s1. The molecule has 1 aromatic carbocycles. The predicted molar refractivity (Wildman–Crippen MR) is 104 cm³/mol. The van der Waals surface area contributed by atoms with Crippen LogP contribution in [0.3, 0.4) is 0 Å². The zero-order chi connectivity index (χ0) is 19.2. The Labute approximate surface area is 163 Å². The Bertz CT molecular complexity index is 888. The molecule has 1 N–H and O–H groups in total. The molecule has 1 aliphatic heterocycles. The van der Waals surface area contributed by atoms with Gasteiger partial charge >= 0.3 is 0 Å². The maximum Gasteiger partial charge on any atom is 0.245 e. The van der Waals surface area contributed by atoms with Crippen LogP contribution in [-0.4, -0.2) is 59.7 Å². The highest BCUT2D eigenvalue weighted by atomic mass is 16.6. The Balaban J connectivity index is 1.48. The number of fused-ring (bicyclic) bond motifs is 1. The highest BCUT2D eigenvalue weighted by Gasteiger charge is 2.25. The zero-order valence-electron chi connectivity index (χ0n) is 15.9. The van der Waals surface area contributed by atoms with E-state index in [-0.39, 0.29) is 6.10 Å². The Kier molecular flexibility index (Phi) is 5.93. The number of rotatable bonds is 8. The summed E-state index contributed by atoms with van der Waals surface area (Å²) in [6, 6.07) is 10.2. The van der Waals surface area contributed by atoms with E-state index in [1.54, 1.807) is 7.11 Å². The average Bonchev–Trinajstić information content (AvgIpc) is 3.20. The first-order valence-electron chi connectivity index (χ1n) is 9.47. The van der Waals surface area contributed by atoms with Crippen molar-refractivity contribution in [2.75, 3.05) is 43.6 Å². The number of nitrogens with one attached hydrogen (secondary N) is 1. The van der Waals surface area contributed by atoms with Crippen molar-refractivity contribution in [1.29, 1.82) is 0 Å². The molecule has 1 atom stereocenters. The van der Waals surface area contributed by atoms with E-state index in [1.165, 1.54) is 5.56 Å². The SMILES string of the molecule is COCCNc1nc2nonc2nc1N1CCC[C@@H](OCc2ccccc2)C1. The number of anilines is 2. The molecule has 9 heteroatoms. The van der Waals surface area contributed by atoms with Crippen LogP contribution in [0.4, 0.5) is 11.6 Å². The number of piperidine rings is 1. The summed E-state index contributed by atoms with van der Waals surface area (Å²) in [5, 5.41) is 10.9. The van der Waals surface area contributed by atoms with Crippen LogP contribution in [0.15, 0.2) is 35.0 Å². The van der Waals surface area contributed by atoms with E-state index < -0.39 is 0 Å². The van der Waals surface area contributed by atoms with E-state index in [0.717, 1.165) is 31.7 Å². The minimum atomic E-state index is 0.133. The molecule has 1 fully saturated rings. The number of hydrogen-bond donors (Lipinski definition) is 1. The second-order valence-electron chi connectivity index (χ2n) is 6.73. The second kappa shape index (κ2) is 8.94. The Morgan fingerprint density at radius 3 is 2.82 bits per heavy atom. The van der Waals surface area contributed by atoms with Crippen LogP contribution >= 0.6 is 0 Å². The van der Waals surface area contributed by atoms with E-state index in [1.807, 2.05) is 18.2 Å². The lowest BCUT2D eigenvalue weighted by atomic mass is 10.1. The van der Waals surface area contributed by atoms with Crippen molar-refractivity contribution < 1.29 is 14.1 Å². The van der Waals surface area contributed by atoms with Crippen LogP contribution in [0.25, 0.3) is 11.3 Å². The molecule has 3 aromatic rings. The van der Waals surface area contributed by atoms with Crippen LogP contribution in [0.1, 0.15) is 18.4 Å². The molecular weight excluding hydrogens is 360 g/mol. The van der Waals surface area contributed by atoms with Crippen molar-refractivity contribution >= 4 is 22.9 Å². The van der Waals surface area contributed by atoms with E-state index in [9.17, 15) is 0 Å². The minimum absolute atomic E-state index is 0.133. The van der Waals surface area contributed by atoms with Crippen LogP contribution < -0.4 is 10.2 Å². The fourth-order valence-electron chi connectivity index (χ4n) is 3.29. The second-order valence-corrected chi connectivity index (χ2v) is 6.73. The van der Waals surface area contributed by atoms with Gasteiger partial charge in [-0.15, -0.1) is 0 Å². The summed E-state index contributed by atoms with van der Waals surface area (Å²) in [6.45, 7) is 3.43. The lowest BCUT2D eigenvalue weighted by molar-refractivity contribution is 0.0314. The fourth-order valence-corrected chi connectivity index (χ4v) is 3.29. The van der Waals surface area contributed by atoms with Gasteiger partial charge in [-0.2, -0.15) is 0 Å². The fraction of sp³-hybridized carbons (Fsp3) is 0.474. The van der Waals surface area contributed by atoms with Crippen molar-refractivity contribution in [2.24, 2.45) is 0 Å². The maximum atomic E-state index is 6.15. The van der Waals surface area contributed by atoms with E-state index in [2.05, 4.69) is 42.6 Å². The van der Waals surface area contributed by atoms with Crippen molar-refractivity contribution in [3.8, 4) is 0 Å². The Morgan fingerprint density at radius 2 is 2.00 bits per heavy atom. The van der Waals surface area contributed by atoms with Crippen molar-refractivity contribution in [2.45, 2.75) is 25.6 Å². The van der Waals surface area contributed by atoms with Gasteiger partial charge in [0.15, 0.2) is 11.6 Å². The van der Waals surface area contributed by atoms with Crippen molar-refractivity contribution in [3.63, 3.8) is 0 Å². The third kappa shape index (κ3) is 4.37. The summed E-state index contributed by atoms with van der Waals surface area (Å²) in [5.41, 5.74) is 1.97. The molecule has 0 spiro atoms.